The van der Waals surface area contributed by atoms with Gasteiger partial charge >= 0.3 is 25.8 Å². The molecule has 0 atom stereocenters. The van der Waals surface area contributed by atoms with Gasteiger partial charge in [-0.1, -0.05) is 108 Å². The number of hydrogen-bond donors (Lipinski definition) is 0. The third-order valence-corrected chi connectivity index (χ3v) is 11.8. The second-order valence-electron chi connectivity index (χ2n) is 17.4. The van der Waals surface area contributed by atoms with Crippen LogP contribution in [0.25, 0.3) is 10.8 Å². The third kappa shape index (κ3) is 13.9. The molecule has 356 valence electrons. The molecule has 0 unspecified atom stereocenters. The molecule has 2 fully saturated rings. The maximum Gasteiger partial charge on any atom is 4.00 e. The van der Waals surface area contributed by atoms with Crippen LogP contribution in [0.5, 0.6) is 23.0 Å². The molecule has 8 aromatic rings. The molecule has 0 aromatic heterocycles. The van der Waals surface area contributed by atoms with Gasteiger partial charge in [-0.05, 0) is 150 Å². The van der Waals surface area contributed by atoms with Gasteiger partial charge < -0.3 is 39.9 Å². The minimum Gasteiger partial charge on any atom is -0.457 e. The quantitative estimate of drug-likeness (QED) is 0.111. The Morgan fingerprint density at radius 2 is 0.634 bits per heavy atom. The van der Waals surface area contributed by atoms with Gasteiger partial charge in [-0.25, -0.2) is 0 Å². The molecule has 0 radical (unpaired) electrons. The summed E-state index contributed by atoms with van der Waals surface area (Å²) in [5.74, 6) is 3.46. The van der Waals surface area contributed by atoms with Gasteiger partial charge in [0.05, 0.1) is 0 Å². The van der Waals surface area contributed by atoms with Crippen molar-refractivity contribution >= 4 is 34.7 Å². The van der Waals surface area contributed by atoms with Crippen molar-refractivity contribution in [1.82, 2.24) is 0 Å². The third-order valence-electron chi connectivity index (χ3n) is 11.8. The average Bonchev–Trinajstić information content (AvgIpc) is 3.91. The van der Waals surface area contributed by atoms with E-state index in [9.17, 15) is 10.8 Å². The van der Waals surface area contributed by atoms with Gasteiger partial charge in [0.25, 0.3) is 0 Å². The van der Waals surface area contributed by atoms with Crippen molar-refractivity contribution in [2.75, 3.05) is 45.8 Å². The topological polar surface area (TPSA) is 76.0 Å². The molecule has 2 aliphatic rings. The normalized spacial score (nSPS) is 12.6. The molecule has 0 N–H and O–H groups in total. The Kier molecular flexibility index (Phi) is 18.9. The Labute approximate surface area is 440 Å². The number of guanidine groups is 2. The molecule has 0 saturated carbocycles. The van der Waals surface area contributed by atoms with Crippen LogP contribution >= 0.6 is 0 Å². The van der Waals surface area contributed by atoms with E-state index in [0.29, 0.717) is 13.1 Å². The van der Waals surface area contributed by atoms with Gasteiger partial charge in [-0.15, -0.1) is 24.3 Å². The molecule has 0 bridgehead atoms. The van der Waals surface area contributed by atoms with Crippen LogP contribution in [0.1, 0.15) is 44.5 Å². The SMILES string of the molecule is Cc1cc(C)c(N2CCN(c3ccccc3Oc3ccccc3)C2=[N-])c(C)c1.Cc1cc(C)c(N2CCN(c3ccccc3Oc3ccccc3)C2=[N-])c(C)c1.[CH2-]c1ccccc1.[CH2-]c1ccccc1.[Hf+4]. The smallest absolute Gasteiger partial charge is 0.457 e. The largest absolute Gasteiger partial charge is 4.00 e. The predicted molar refractivity (Wildman–Crippen MR) is 295 cm³/mol. The van der Waals surface area contributed by atoms with E-state index in [0.717, 1.165) is 70.0 Å². The summed E-state index contributed by atoms with van der Waals surface area (Å²) in [5, 5.41) is 22.2. The van der Waals surface area contributed by atoms with Crippen molar-refractivity contribution in [2.24, 2.45) is 0 Å². The van der Waals surface area contributed by atoms with Gasteiger partial charge in [0.15, 0.2) is 0 Å². The number of anilines is 4. The van der Waals surface area contributed by atoms with Crippen LogP contribution in [-0.2, 0) is 25.8 Å². The maximum atomic E-state index is 11.1. The number of rotatable bonds is 8. The molecule has 10 rings (SSSR count). The van der Waals surface area contributed by atoms with E-state index in [1.807, 2.05) is 189 Å². The van der Waals surface area contributed by atoms with E-state index in [1.165, 1.54) is 33.4 Å². The van der Waals surface area contributed by atoms with Crippen LogP contribution in [0.3, 0.4) is 0 Å². The van der Waals surface area contributed by atoms with E-state index in [1.54, 1.807) is 0 Å². The summed E-state index contributed by atoms with van der Waals surface area (Å²) in [6, 6.07) is 63.4. The van der Waals surface area contributed by atoms with Crippen LogP contribution in [0, 0.1) is 55.4 Å². The van der Waals surface area contributed by atoms with Crippen LogP contribution in [0.2, 0.25) is 0 Å². The Balaban J connectivity index is 0.000000180. The first-order valence-electron chi connectivity index (χ1n) is 23.6. The number of para-hydroxylation sites is 6. The van der Waals surface area contributed by atoms with Gasteiger partial charge in [-0.2, -0.15) is 49.2 Å². The van der Waals surface area contributed by atoms with E-state index >= 15 is 0 Å². The molecule has 0 aliphatic carbocycles. The zero-order valence-corrected chi connectivity index (χ0v) is 45.3. The molecule has 8 nitrogen and oxygen atoms in total. The minimum atomic E-state index is 0. The molecular weight excluding hydrogens is 1040 g/mol. The first kappa shape index (κ1) is 52.9. The summed E-state index contributed by atoms with van der Waals surface area (Å²) in [5.41, 5.74) is 13.1. The number of ether oxygens (including phenoxy) is 2. The van der Waals surface area contributed by atoms with Crippen molar-refractivity contribution in [1.29, 1.82) is 0 Å². The molecule has 0 spiro atoms. The van der Waals surface area contributed by atoms with Crippen molar-refractivity contribution in [3.63, 3.8) is 0 Å². The molecule has 9 heteroatoms. The Bertz CT molecular complexity index is 2740. The van der Waals surface area contributed by atoms with Crippen LogP contribution < -0.4 is 29.1 Å². The second-order valence-corrected chi connectivity index (χ2v) is 17.4. The summed E-state index contributed by atoms with van der Waals surface area (Å²) in [6.07, 6.45) is 0. The molecule has 2 saturated heterocycles. The number of benzene rings is 8. The number of hydrogen-bond acceptors (Lipinski definition) is 2. The van der Waals surface area contributed by atoms with Crippen LogP contribution in [-0.4, -0.2) is 38.1 Å². The summed E-state index contributed by atoms with van der Waals surface area (Å²) in [6.45, 7) is 22.8. The fourth-order valence-corrected chi connectivity index (χ4v) is 8.89. The van der Waals surface area contributed by atoms with E-state index in [4.69, 9.17) is 9.47 Å². The minimum absolute atomic E-state index is 0. The zero-order valence-electron chi connectivity index (χ0n) is 41.7. The Hall–Kier alpha value is -7.49. The standard InChI is InChI=1S/2C24H24N3O.2C7H7.Hf/c2*1-17-15-18(2)23(19(3)16-17)27-14-13-26(24(27)25)21-11-7-8-12-22(21)28-20-9-5-4-6-10-20;2*1-7-5-3-2-4-6-7;/h2*4-12,15-16H,13-14H2,1-3H3;2*2-6H,1H2;/q4*-1;+4. The Morgan fingerprint density at radius 1 is 0.366 bits per heavy atom. The fraction of sp³-hybridized carbons (Fsp3) is 0.161. The second kappa shape index (κ2) is 25.4. The van der Waals surface area contributed by atoms with Crippen molar-refractivity contribution < 1.29 is 35.3 Å². The van der Waals surface area contributed by atoms with E-state index < -0.39 is 0 Å². The summed E-state index contributed by atoms with van der Waals surface area (Å²) < 4.78 is 12.2. The van der Waals surface area contributed by atoms with Gasteiger partial charge in [0.2, 0.25) is 0 Å². The first-order valence-corrected chi connectivity index (χ1v) is 23.6. The van der Waals surface area contributed by atoms with Crippen molar-refractivity contribution in [3.05, 3.63) is 263 Å². The van der Waals surface area contributed by atoms with Gasteiger partial charge in [0.1, 0.15) is 23.0 Å². The monoisotopic (exact) mass is 1100 g/mol. The Morgan fingerprint density at radius 3 is 0.930 bits per heavy atom. The maximum absolute atomic E-state index is 11.1. The molecule has 8 aromatic carbocycles. The van der Waals surface area contributed by atoms with Crippen LogP contribution in [0.15, 0.2) is 194 Å². The fourth-order valence-electron chi connectivity index (χ4n) is 8.89. The van der Waals surface area contributed by atoms with Crippen LogP contribution in [0.4, 0.5) is 22.7 Å². The van der Waals surface area contributed by atoms with E-state index in [2.05, 4.69) is 79.7 Å². The van der Waals surface area contributed by atoms with Crippen molar-refractivity contribution in [3.8, 4) is 23.0 Å². The summed E-state index contributed by atoms with van der Waals surface area (Å²) in [7, 11) is 0. The molecule has 71 heavy (non-hydrogen) atoms. The zero-order chi connectivity index (χ0) is 49.6. The molecular formula is C62H62HfN6O2. The van der Waals surface area contributed by atoms with E-state index in [-0.39, 0.29) is 37.8 Å². The summed E-state index contributed by atoms with van der Waals surface area (Å²) >= 11 is 0. The molecule has 2 heterocycles. The average molecular weight is 1100 g/mol. The molecule has 0 amide bonds. The van der Waals surface area contributed by atoms with Crippen molar-refractivity contribution in [2.45, 2.75) is 41.5 Å². The number of nitrogens with zero attached hydrogens (tertiary/aromatic N) is 6. The van der Waals surface area contributed by atoms with Gasteiger partial charge in [-0.3, -0.25) is 0 Å². The summed E-state index contributed by atoms with van der Waals surface area (Å²) in [4.78, 5) is 7.81. The predicted octanol–water partition coefficient (Wildman–Crippen LogP) is 15.0. The first-order chi connectivity index (χ1) is 33.9. The van der Waals surface area contributed by atoms with Gasteiger partial charge in [0, 0.05) is 23.3 Å². The number of aryl methyl sites for hydroxylation is 6. The molecule has 2 aliphatic heterocycles.